The van der Waals surface area contributed by atoms with Crippen molar-refractivity contribution in [2.45, 2.75) is 12.8 Å². The lowest BCUT2D eigenvalue weighted by molar-refractivity contribution is -0.169. The molecule has 96 valence electrons. The molecule has 5 nitrogen and oxygen atoms in total. The SMILES string of the molecule is N/C(=N/O)C(COCc1ccco1)C(F)(F)F. The van der Waals surface area contributed by atoms with Crippen LogP contribution < -0.4 is 5.73 Å². The Labute approximate surface area is 94.6 Å². The molecule has 0 fully saturated rings. The normalized spacial score (nSPS) is 14.9. The first-order valence-electron chi connectivity index (χ1n) is 4.59. The first-order chi connectivity index (χ1) is 7.95. The molecular weight excluding hydrogens is 241 g/mol. The van der Waals surface area contributed by atoms with Crippen LogP contribution in [0.25, 0.3) is 0 Å². The minimum Gasteiger partial charge on any atom is -0.467 e. The number of alkyl halides is 3. The molecule has 0 aliphatic rings. The molecule has 1 aromatic heterocycles. The number of furan rings is 1. The molecule has 1 unspecified atom stereocenters. The summed E-state index contributed by atoms with van der Waals surface area (Å²) in [4.78, 5) is 0. The Morgan fingerprint density at radius 1 is 1.59 bits per heavy atom. The monoisotopic (exact) mass is 252 g/mol. The molecule has 0 bridgehead atoms. The molecule has 0 spiro atoms. The molecular formula is C9H11F3N2O3. The van der Waals surface area contributed by atoms with Crippen LogP contribution in [0.2, 0.25) is 0 Å². The zero-order chi connectivity index (χ0) is 12.9. The molecule has 0 aromatic carbocycles. The van der Waals surface area contributed by atoms with Crippen molar-refractivity contribution in [1.29, 1.82) is 0 Å². The summed E-state index contributed by atoms with van der Waals surface area (Å²) in [5.41, 5.74) is 4.94. The second-order valence-corrected chi connectivity index (χ2v) is 3.21. The fraction of sp³-hybridized carbons (Fsp3) is 0.444. The van der Waals surface area contributed by atoms with E-state index in [0.29, 0.717) is 5.76 Å². The second kappa shape index (κ2) is 5.58. The summed E-state index contributed by atoms with van der Waals surface area (Å²) in [6, 6.07) is 3.15. The van der Waals surface area contributed by atoms with Gasteiger partial charge in [-0.2, -0.15) is 13.2 Å². The van der Waals surface area contributed by atoms with E-state index in [1.54, 1.807) is 12.1 Å². The number of hydrogen-bond acceptors (Lipinski definition) is 4. The van der Waals surface area contributed by atoms with Crippen molar-refractivity contribution >= 4 is 5.84 Å². The van der Waals surface area contributed by atoms with Crippen molar-refractivity contribution in [3.05, 3.63) is 24.2 Å². The van der Waals surface area contributed by atoms with Gasteiger partial charge >= 0.3 is 6.18 Å². The Kier molecular flexibility index (Phi) is 4.38. The van der Waals surface area contributed by atoms with Gasteiger partial charge in [-0.1, -0.05) is 5.16 Å². The summed E-state index contributed by atoms with van der Waals surface area (Å²) >= 11 is 0. The molecule has 1 rings (SSSR count). The molecule has 3 N–H and O–H groups in total. The Morgan fingerprint density at radius 2 is 2.29 bits per heavy atom. The minimum absolute atomic E-state index is 0.113. The van der Waals surface area contributed by atoms with E-state index in [9.17, 15) is 13.2 Å². The Bertz CT molecular complexity index is 362. The number of nitrogens with zero attached hydrogens (tertiary/aromatic N) is 1. The van der Waals surface area contributed by atoms with Gasteiger partial charge in [0.1, 0.15) is 18.3 Å². The van der Waals surface area contributed by atoms with Gasteiger partial charge in [-0.05, 0) is 12.1 Å². The molecule has 0 amide bonds. The second-order valence-electron chi connectivity index (χ2n) is 3.21. The van der Waals surface area contributed by atoms with Crippen LogP contribution in [-0.4, -0.2) is 23.8 Å². The minimum atomic E-state index is -4.63. The Balaban J connectivity index is 2.51. The number of halogens is 3. The maximum Gasteiger partial charge on any atom is 0.401 e. The summed E-state index contributed by atoms with van der Waals surface area (Å²) in [6.07, 6.45) is -3.25. The average Bonchev–Trinajstić information content (AvgIpc) is 2.74. The third-order valence-electron chi connectivity index (χ3n) is 1.98. The summed E-state index contributed by atoms with van der Waals surface area (Å²) in [7, 11) is 0. The number of oxime groups is 1. The van der Waals surface area contributed by atoms with Crippen LogP contribution in [0.4, 0.5) is 13.2 Å². The van der Waals surface area contributed by atoms with Crippen molar-refractivity contribution in [2.24, 2.45) is 16.8 Å². The molecule has 8 heteroatoms. The van der Waals surface area contributed by atoms with Gasteiger partial charge in [0.2, 0.25) is 0 Å². The van der Waals surface area contributed by atoms with Gasteiger partial charge < -0.3 is 20.1 Å². The average molecular weight is 252 g/mol. The largest absolute Gasteiger partial charge is 0.467 e. The zero-order valence-electron chi connectivity index (χ0n) is 8.65. The van der Waals surface area contributed by atoms with E-state index in [1.807, 2.05) is 0 Å². The topological polar surface area (TPSA) is 81.0 Å². The van der Waals surface area contributed by atoms with Gasteiger partial charge in [0.05, 0.1) is 12.9 Å². The molecule has 1 atom stereocenters. The van der Waals surface area contributed by atoms with Gasteiger partial charge in [0.25, 0.3) is 0 Å². The van der Waals surface area contributed by atoms with Crippen molar-refractivity contribution in [3.63, 3.8) is 0 Å². The molecule has 0 aliphatic carbocycles. The van der Waals surface area contributed by atoms with Gasteiger partial charge in [0, 0.05) is 0 Å². The highest BCUT2D eigenvalue weighted by atomic mass is 19.4. The van der Waals surface area contributed by atoms with Gasteiger partial charge in [-0.15, -0.1) is 0 Å². The van der Waals surface area contributed by atoms with E-state index in [4.69, 9.17) is 20.1 Å². The molecule has 0 radical (unpaired) electrons. The lowest BCUT2D eigenvalue weighted by Crippen LogP contribution is -2.39. The zero-order valence-corrected chi connectivity index (χ0v) is 8.65. The standard InChI is InChI=1S/C9H11F3N2O3/c10-9(11,12)7(8(13)14-15)5-16-4-6-2-1-3-17-6/h1-3,7,15H,4-5H2,(H2,13,14). The third-order valence-corrected chi connectivity index (χ3v) is 1.98. The van der Waals surface area contributed by atoms with Gasteiger partial charge in [-0.25, -0.2) is 0 Å². The number of hydrogen-bond donors (Lipinski definition) is 2. The number of ether oxygens (including phenoxy) is 1. The lowest BCUT2D eigenvalue weighted by atomic mass is 10.1. The maximum absolute atomic E-state index is 12.4. The highest BCUT2D eigenvalue weighted by Crippen LogP contribution is 2.26. The molecule has 0 aliphatic heterocycles. The van der Waals surface area contributed by atoms with E-state index >= 15 is 0 Å². The van der Waals surface area contributed by atoms with Crippen molar-refractivity contribution < 1.29 is 27.5 Å². The quantitative estimate of drug-likeness (QED) is 0.362. The number of nitrogens with two attached hydrogens (primary N) is 1. The summed E-state index contributed by atoms with van der Waals surface area (Å²) in [6.45, 7) is -0.849. The Morgan fingerprint density at radius 3 is 2.76 bits per heavy atom. The summed E-state index contributed by atoms with van der Waals surface area (Å²) < 4.78 is 47.0. The fourth-order valence-electron chi connectivity index (χ4n) is 1.09. The lowest BCUT2D eigenvalue weighted by Gasteiger charge is -2.18. The van der Waals surface area contributed by atoms with Crippen LogP contribution in [0.5, 0.6) is 0 Å². The van der Waals surface area contributed by atoms with Crippen LogP contribution in [0, 0.1) is 5.92 Å². The number of amidine groups is 1. The molecule has 1 aromatic rings. The maximum atomic E-state index is 12.4. The fourth-order valence-corrected chi connectivity index (χ4v) is 1.09. The molecule has 17 heavy (non-hydrogen) atoms. The van der Waals surface area contributed by atoms with Crippen LogP contribution in [0.15, 0.2) is 28.0 Å². The predicted octanol–water partition coefficient (Wildman–Crippen LogP) is 1.72. The molecule has 0 saturated carbocycles. The van der Waals surface area contributed by atoms with E-state index in [0.717, 1.165) is 0 Å². The molecule has 1 heterocycles. The first-order valence-corrected chi connectivity index (χ1v) is 4.59. The van der Waals surface area contributed by atoms with E-state index < -0.39 is 24.5 Å². The first kappa shape index (κ1) is 13.4. The van der Waals surface area contributed by atoms with Gasteiger partial charge in [-0.3, -0.25) is 0 Å². The van der Waals surface area contributed by atoms with E-state index in [-0.39, 0.29) is 6.61 Å². The van der Waals surface area contributed by atoms with Gasteiger partial charge in [0.15, 0.2) is 5.84 Å². The van der Waals surface area contributed by atoms with Crippen LogP contribution >= 0.6 is 0 Å². The van der Waals surface area contributed by atoms with Crippen LogP contribution in [-0.2, 0) is 11.3 Å². The number of rotatable bonds is 5. The van der Waals surface area contributed by atoms with E-state index in [2.05, 4.69) is 5.16 Å². The van der Waals surface area contributed by atoms with Crippen molar-refractivity contribution in [1.82, 2.24) is 0 Å². The van der Waals surface area contributed by atoms with Crippen LogP contribution in [0.1, 0.15) is 5.76 Å². The summed E-state index contributed by atoms with van der Waals surface area (Å²) in [5, 5.41) is 10.6. The smallest absolute Gasteiger partial charge is 0.401 e. The van der Waals surface area contributed by atoms with E-state index in [1.165, 1.54) is 6.26 Å². The third kappa shape index (κ3) is 3.99. The van der Waals surface area contributed by atoms with Crippen LogP contribution in [0.3, 0.4) is 0 Å². The highest BCUT2D eigenvalue weighted by molar-refractivity contribution is 5.83. The molecule has 0 saturated heterocycles. The van der Waals surface area contributed by atoms with Crippen molar-refractivity contribution in [3.8, 4) is 0 Å². The Hall–Kier alpha value is -1.70. The highest BCUT2D eigenvalue weighted by Gasteiger charge is 2.43. The van der Waals surface area contributed by atoms with Crippen molar-refractivity contribution in [2.75, 3.05) is 6.61 Å². The summed E-state index contributed by atoms with van der Waals surface area (Å²) in [5.74, 6) is -2.68. The predicted molar refractivity (Wildman–Crippen MR) is 51.3 cm³/mol.